The molecule has 1 saturated heterocycles. The zero-order chi connectivity index (χ0) is 18.9. The van der Waals surface area contributed by atoms with E-state index in [1.54, 1.807) is 22.7 Å². The number of fused-ring (bicyclic) bond motifs is 1. The van der Waals surface area contributed by atoms with E-state index in [1.807, 2.05) is 20.8 Å². The number of rotatable bonds is 3. The van der Waals surface area contributed by atoms with Crippen LogP contribution in [0.2, 0.25) is 0 Å². The van der Waals surface area contributed by atoms with Crippen molar-refractivity contribution >= 4 is 23.1 Å². The van der Waals surface area contributed by atoms with Crippen molar-refractivity contribution in [2.24, 2.45) is 0 Å². The van der Waals surface area contributed by atoms with Crippen molar-refractivity contribution in [1.82, 2.24) is 24.6 Å². The molecule has 0 atom stereocenters. The molecule has 1 aliphatic heterocycles. The number of ether oxygens (including phenoxy) is 1. The highest BCUT2D eigenvalue weighted by molar-refractivity contribution is 5.74. The predicted octanol–water partition coefficient (Wildman–Crippen LogP) is 1.91. The summed E-state index contributed by atoms with van der Waals surface area (Å²) in [5.74, 6) is 0.433. The number of aromatic amines is 1. The summed E-state index contributed by atoms with van der Waals surface area (Å²) in [5, 5.41) is 8.07. The van der Waals surface area contributed by atoms with Crippen molar-refractivity contribution in [3.8, 4) is 0 Å². The number of carbonyl (C=O) groups excluding carboxylic acids is 1. The van der Waals surface area contributed by atoms with E-state index in [4.69, 9.17) is 4.74 Å². The largest absolute Gasteiger partial charge is 0.450 e. The Bertz CT molecular complexity index is 842. The first kappa shape index (κ1) is 18.2. The van der Waals surface area contributed by atoms with Gasteiger partial charge in [0.15, 0.2) is 5.65 Å². The van der Waals surface area contributed by atoms with Crippen LogP contribution < -0.4 is 10.9 Å². The minimum Gasteiger partial charge on any atom is -0.450 e. The molecule has 0 saturated carbocycles. The van der Waals surface area contributed by atoms with Gasteiger partial charge in [-0.15, -0.1) is 0 Å². The van der Waals surface area contributed by atoms with Crippen molar-refractivity contribution in [3.63, 3.8) is 0 Å². The lowest BCUT2D eigenvalue weighted by molar-refractivity contribution is 0.0983. The topological polar surface area (TPSA) is 105 Å². The van der Waals surface area contributed by atoms with Crippen molar-refractivity contribution in [3.05, 3.63) is 16.6 Å². The quantitative estimate of drug-likeness (QED) is 0.864. The van der Waals surface area contributed by atoms with Crippen LogP contribution in [0.15, 0.2) is 11.0 Å². The maximum atomic E-state index is 12.3. The number of likely N-dealkylation sites (tertiary alicyclic amines) is 1. The summed E-state index contributed by atoms with van der Waals surface area (Å²) in [7, 11) is 0. The van der Waals surface area contributed by atoms with Gasteiger partial charge in [-0.1, -0.05) is 0 Å². The van der Waals surface area contributed by atoms with Crippen LogP contribution in [-0.4, -0.2) is 56.5 Å². The number of hydrogen-bond acceptors (Lipinski definition) is 6. The van der Waals surface area contributed by atoms with Gasteiger partial charge in [-0.25, -0.2) is 9.48 Å². The SMILES string of the molecule is CCOC(=O)N1CCC(Nc2nc3c(cnn3C(C)(C)C)c(=O)[nH]2)CC1. The molecule has 1 aliphatic rings. The third-order valence-corrected chi connectivity index (χ3v) is 4.44. The van der Waals surface area contributed by atoms with Crippen LogP contribution >= 0.6 is 0 Å². The van der Waals surface area contributed by atoms with Gasteiger partial charge in [0.1, 0.15) is 5.39 Å². The number of nitrogens with one attached hydrogen (secondary N) is 2. The molecule has 3 heterocycles. The van der Waals surface area contributed by atoms with E-state index in [0.29, 0.717) is 36.7 Å². The van der Waals surface area contributed by atoms with Gasteiger partial charge in [0.2, 0.25) is 5.95 Å². The molecule has 0 unspecified atom stereocenters. The first-order valence-corrected chi connectivity index (χ1v) is 8.96. The fourth-order valence-electron chi connectivity index (χ4n) is 3.09. The second-order valence-electron chi connectivity index (χ2n) is 7.48. The predicted molar refractivity (Wildman–Crippen MR) is 98.4 cm³/mol. The van der Waals surface area contributed by atoms with Crippen LogP contribution in [0.3, 0.4) is 0 Å². The maximum absolute atomic E-state index is 12.3. The second-order valence-corrected chi connectivity index (χ2v) is 7.48. The fraction of sp³-hybridized carbons (Fsp3) is 0.647. The minimum atomic E-state index is -0.273. The van der Waals surface area contributed by atoms with Crippen LogP contribution in [-0.2, 0) is 10.3 Å². The molecule has 142 valence electrons. The van der Waals surface area contributed by atoms with E-state index >= 15 is 0 Å². The van der Waals surface area contributed by atoms with Gasteiger partial charge in [-0.2, -0.15) is 10.1 Å². The standard InChI is InChI=1S/C17H26N6O3/c1-5-26-16(25)22-8-6-11(7-9-22)19-15-20-13-12(14(24)21-15)10-18-23(13)17(2,3)4/h10-11H,5-9H2,1-4H3,(H2,19,20,21,24). The van der Waals surface area contributed by atoms with Crippen molar-refractivity contribution in [2.75, 3.05) is 25.0 Å². The van der Waals surface area contributed by atoms with Crippen LogP contribution in [0.25, 0.3) is 11.0 Å². The first-order valence-electron chi connectivity index (χ1n) is 8.96. The highest BCUT2D eigenvalue weighted by atomic mass is 16.6. The molecule has 0 bridgehead atoms. The number of nitrogens with zero attached hydrogens (tertiary/aromatic N) is 4. The number of hydrogen-bond donors (Lipinski definition) is 2. The van der Waals surface area contributed by atoms with E-state index < -0.39 is 0 Å². The molecule has 1 fully saturated rings. The van der Waals surface area contributed by atoms with E-state index in [-0.39, 0.29) is 23.2 Å². The number of aromatic nitrogens is 4. The van der Waals surface area contributed by atoms with E-state index in [0.717, 1.165) is 12.8 Å². The Morgan fingerprint density at radius 1 is 1.38 bits per heavy atom. The highest BCUT2D eigenvalue weighted by Gasteiger charge is 2.25. The molecule has 2 aromatic rings. The lowest BCUT2D eigenvalue weighted by Gasteiger charge is -2.31. The van der Waals surface area contributed by atoms with Crippen molar-refractivity contribution < 1.29 is 9.53 Å². The third kappa shape index (κ3) is 3.66. The monoisotopic (exact) mass is 362 g/mol. The molecular weight excluding hydrogens is 336 g/mol. The summed E-state index contributed by atoms with van der Waals surface area (Å²) in [5.41, 5.74) is 0.0785. The van der Waals surface area contributed by atoms with Crippen molar-refractivity contribution in [1.29, 1.82) is 0 Å². The third-order valence-electron chi connectivity index (χ3n) is 4.44. The molecule has 2 aromatic heterocycles. The molecule has 9 nitrogen and oxygen atoms in total. The Labute approximate surface area is 151 Å². The van der Waals surface area contributed by atoms with Gasteiger partial charge in [-0.3, -0.25) is 9.78 Å². The Hall–Kier alpha value is -2.58. The van der Waals surface area contributed by atoms with Crippen LogP contribution in [0.5, 0.6) is 0 Å². The van der Waals surface area contributed by atoms with Crippen LogP contribution in [0, 0.1) is 0 Å². The summed E-state index contributed by atoms with van der Waals surface area (Å²) < 4.78 is 6.79. The Balaban J connectivity index is 1.74. The summed E-state index contributed by atoms with van der Waals surface area (Å²) in [6.45, 7) is 9.45. The Morgan fingerprint density at radius 3 is 2.69 bits per heavy atom. The molecular formula is C17H26N6O3. The van der Waals surface area contributed by atoms with E-state index in [1.165, 1.54) is 0 Å². The van der Waals surface area contributed by atoms with Gasteiger partial charge in [0.25, 0.3) is 5.56 Å². The maximum Gasteiger partial charge on any atom is 0.409 e. The average Bonchev–Trinajstić information content (AvgIpc) is 3.00. The number of anilines is 1. The molecule has 0 aromatic carbocycles. The minimum absolute atomic E-state index is 0.132. The van der Waals surface area contributed by atoms with Crippen LogP contribution in [0.4, 0.5) is 10.7 Å². The smallest absolute Gasteiger partial charge is 0.409 e. The zero-order valence-corrected chi connectivity index (χ0v) is 15.7. The summed E-state index contributed by atoms with van der Waals surface area (Å²) in [6, 6.07) is 0.132. The van der Waals surface area contributed by atoms with Gasteiger partial charge >= 0.3 is 6.09 Å². The van der Waals surface area contributed by atoms with E-state index in [2.05, 4.69) is 20.4 Å². The number of piperidine rings is 1. The normalized spacial score (nSPS) is 16.1. The number of H-pyrrole nitrogens is 1. The molecule has 3 rings (SSSR count). The molecule has 1 amide bonds. The lowest BCUT2D eigenvalue weighted by atomic mass is 10.1. The van der Waals surface area contributed by atoms with Crippen LogP contribution in [0.1, 0.15) is 40.5 Å². The molecule has 0 aliphatic carbocycles. The van der Waals surface area contributed by atoms with Gasteiger partial charge < -0.3 is 15.0 Å². The van der Waals surface area contributed by atoms with Crippen molar-refractivity contribution in [2.45, 2.75) is 52.1 Å². The zero-order valence-electron chi connectivity index (χ0n) is 15.7. The second kappa shape index (κ2) is 6.97. The molecule has 9 heteroatoms. The van der Waals surface area contributed by atoms with E-state index in [9.17, 15) is 9.59 Å². The average molecular weight is 362 g/mol. The molecule has 0 radical (unpaired) electrons. The van der Waals surface area contributed by atoms with Gasteiger partial charge in [-0.05, 0) is 40.5 Å². The summed E-state index contributed by atoms with van der Waals surface area (Å²) in [4.78, 5) is 33.2. The molecule has 0 spiro atoms. The molecule has 2 N–H and O–H groups in total. The lowest BCUT2D eigenvalue weighted by Crippen LogP contribution is -2.43. The Morgan fingerprint density at radius 2 is 2.08 bits per heavy atom. The Kier molecular flexibility index (Phi) is 4.88. The molecule has 26 heavy (non-hydrogen) atoms. The fourth-order valence-corrected chi connectivity index (χ4v) is 3.09. The summed E-state index contributed by atoms with van der Waals surface area (Å²) >= 11 is 0. The highest BCUT2D eigenvalue weighted by Crippen LogP contribution is 2.20. The van der Waals surface area contributed by atoms with Gasteiger partial charge in [0.05, 0.1) is 18.3 Å². The van der Waals surface area contributed by atoms with Gasteiger partial charge in [0, 0.05) is 19.1 Å². The number of carbonyl (C=O) groups is 1. The number of amides is 1. The first-order chi connectivity index (χ1) is 12.3. The summed E-state index contributed by atoms with van der Waals surface area (Å²) in [6.07, 6.45) is 2.81.